The Hall–Kier alpha value is -5.43. The van der Waals surface area contributed by atoms with Gasteiger partial charge in [0.15, 0.2) is 17.4 Å². The van der Waals surface area contributed by atoms with Gasteiger partial charge in [-0.05, 0) is 62.4 Å². The summed E-state index contributed by atoms with van der Waals surface area (Å²) in [7, 11) is 6.30. The predicted octanol–water partition coefficient (Wildman–Crippen LogP) is 4.58. The third kappa shape index (κ3) is 6.15. The zero-order valence-corrected chi connectivity index (χ0v) is 24.2. The van der Waals surface area contributed by atoms with Gasteiger partial charge >= 0.3 is 0 Å². The van der Waals surface area contributed by atoms with Crippen molar-refractivity contribution < 1.29 is 27.8 Å². The standard InChI is InChI=1S/C15H16N4O3.C14H17N3O3/c1-9-7-8-12(22-9)14-17-18-15(16)19(14)13-10(20-2)5-4-6-11(13)21-3;1-9-7-8-12(20-9)14(17-15)16-13-10(18-2)5-4-6-11(13)19-3/h4-8H,1-3H3,(H2,16,18);4-8H,15H2,1-3H3,(H,16,17). The van der Waals surface area contributed by atoms with E-state index in [-0.39, 0.29) is 5.95 Å². The highest BCUT2D eigenvalue weighted by Crippen LogP contribution is 2.38. The second-order valence-corrected chi connectivity index (χ2v) is 8.66. The van der Waals surface area contributed by atoms with Crippen LogP contribution in [0.2, 0.25) is 0 Å². The molecule has 0 atom stereocenters. The van der Waals surface area contributed by atoms with Crippen molar-refractivity contribution in [2.24, 2.45) is 10.8 Å². The molecule has 0 aliphatic carbocycles. The largest absolute Gasteiger partial charge is 0.494 e. The molecule has 5 N–H and O–H groups in total. The van der Waals surface area contributed by atoms with Gasteiger partial charge < -0.3 is 38.9 Å². The number of aromatic nitrogens is 3. The number of nitrogens with two attached hydrogens (primary N) is 2. The lowest BCUT2D eigenvalue weighted by molar-refractivity contribution is 0.391. The number of rotatable bonds is 8. The SMILES string of the molecule is COc1cccc(OC)c1-n1c(N)nnc1-c1ccc(C)o1.COc1cccc(OC)c1N=C(NN)c1ccc(C)o1. The minimum Gasteiger partial charge on any atom is -0.494 e. The molecular weight excluding hydrogens is 542 g/mol. The van der Waals surface area contributed by atoms with Crippen LogP contribution in [-0.4, -0.2) is 49.0 Å². The van der Waals surface area contributed by atoms with E-state index in [0.717, 1.165) is 11.5 Å². The number of nitrogens with one attached hydrogen (secondary N) is 1. The molecule has 0 radical (unpaired) electrons. The van der Waals surface area contributed by atoms with Gasteiger partial charge in [-0.3, -0.25) is 4.57 Å². The molecule has 0 amide bonds. The number of anilines is 1. The molecule has 3 aromatic heterocycles. The van der Waals surface area contributed by atoms with E-state index in [1.54, 1.807) is 51.2 Å². The van der Waals surface area contributed by atoms with Crippen LogP contribution in [0.25, 0.3) is 17.3 Å². The number of aryl methyl sites for hydroxylation is 2. The summed E-state index contributed by atoms with van der Waals surface area (Å²) in [6.07, 6.45) is 0. The molecular formula is C29H33N7O6. The zero-order chi connectivity index (χ0) is 30.2. The molecule has 5 aromatic rings. The number of aliphatic imine (C=N–C) groups is 1. The van der Waals surface area contributed by atoms with Crippen LogP contribution >= 0.6 is 0 Å². The van der Waals surface area contributed by atoms with E-state index in [1.165, 1.54) is 0 Å². The molecule has 0 spiro atoms. The molecule has 0 saturated heterocycles. The van der Waals surface area contributed by atoms with Crippen LogP contribution in [0.15, 0.2) is 74.5 Å². The first-order valence-corrected chi connectivity index (χ1v) is 12.7. The Morgan fingerprint density at radius 1 is 0.762 bits per heavy atom. The van der Waals surface area contributed by atoms with Gasteiger partial charge in [0.1, 0.15) is 45.9 Å². The Bertz CT molecular complexity index is 1630. The van der Waals surface area contributed by atoms with Gasteiger partial charge in [-0.1, -0.05) is 12.1 Å². The number of hydrogen-bond acceptors (Lipinski definition) is 11. The molecule has 2 aromatic carbocycles. The van der Waals surface area contributed by atoms with E-state index in [4.69, 9.17) is 39.4 Å². The third-order valence-electron chi connectivity index (χ3n) is 6.01. The summed E-state index contributed by atoms with van der Waals surface area (Å²) in [5.74, 6) is 11.6. The maximum Gasteiger partial charge on any atom is 0.227 e. The van der Waals surface area contributed by atoms with E-state index in [2.05, 4.69) is 20.6 Å². The highest BCUT2D eigenvalue weighted by atomic mass is 16.5. The molecule has 220 valence electrons. The number of amidine groups is 1. The molecule has 3 heterocycles. The van der Waals surface area contributed by atoms with Gasteiger partial charge in [-0.25, -0.2) is 10.8 Å². The Balaban J connectivity index is 0.000000194. The number of furan rings is 2. The lowest BCUT2D eigenvalue weighted by Crippen LogP contribution is -2.30. The summed E-state index contributed by atoms with van der Waals surface area (Å²) >= 11 is 0. The van der Waals surface area contributed by atoms with Gasteiger partial charge in [0, 0.05) is 0 Å². The van der Waals surface area contributed by atoms with Gasteiger partial charge in [-0.15, -0.1) is 10.2 Å². The molecule has 42 heavy (non-hydrogen) atoms. The average Bonchev–Trinajstić information content (AvgIpc) is 3.74. The molecule has 13 nitrogen and oxygen atoms in total. The van der Waals surface area contributed by atoms with Crippen LogP contribution in [0.1, 0.15) is 17.3 Å². The van der Waals surface area contributed by atoms with Crippen LogP contribution < -0.4 is 35.9 Å². The molecule has 5 rings (SSSR count). The maximum absolute atomic E-state index is 6.00. The van der Waals surface area contributed by atoms with Crippen molar-refractivity contribution >= 4 is 17.5 Å². The highest BCUT2D eigenvalue weighted by Gasteiger charge is 2.22. The number of methoxy groups -OCH3 is 4. The van der Waals surface area contributed by atoms with E-state index in [1.807, 2.05) is 56.3 Å². The van der Waals surface area contributed by atoms with E-state index >= 15 is 0 Å². The van der Waals surface area contributed by atoms with Crippen LogP contribution in [0.5, 0.6) is 23.0 Å². The van der Waals surface area contributed by atoms with Crippen molar-refractivity contribution in [3.63, 3.8) is 0 Å². The number of para-hydroxylation sites is 2. The number of ether oxygens (including phenoxy) is 4. The van der Waals surface area contributed by atoms with Gasteiger partial charge in [-0.2, -0.15) is 0 Å². The van der Waals surface area contributed by atoms with Crippen molar-refractivity contribution in [1.82, 2.24) is 20.2 Å². The second kappa shape index (κ2) is 13.3. The van der Waals surface area contributed by atoms with Crippen LogP contribution in [0, 0.1) is 13.8 Å². The summed E-state index contributed by atoms with van der Waals surface area (Å²) in [4.78, 5) is 4.44. The van der Waals surface area contributed by atoms with E-state index in [9.17, 15) is 0 Å². The number of hydrazine groups is 1. The normalized spacial score (nSPS) is 11.0. The fraction of sp³-hybridized carbons (Fsp3) is 0.207. The summed E-state index contributed by atoms with van der Waals surface area (Å²) in [5.41, 5.74) is 9.69. The first kappa shape index (κ1) is 29.6. The Morgan fingerprint density at radius 2 is 1.31 bits per heavy atom. The van der Waals surface area contributed by atoms with Gasteiger partial charge in [0.25, 0.3) is 0 Å². The van der Waals surface area contributed by atoms with E-state index in [0.29, 0.717) is 57.6 Å². The topological polar surface area (TPSA) is 170 Å². The lowest BCUT2D eigenvalue weighted by atomic mass is 10.2. The Morgan fingerprint density at radius 3 is 1.79 bits per heavy atom. The second-order valence-electron chi connectivity index (χ2n) is 8.66. The van der Waals surface area contributed by atoms with E-state index < -0.39 is 0 Å². The molecule has 0 bridgehead atoms. The zero-order valence-electron chi connectivity index (χ0n) is 24.2. The van der Waals surface area contributed by atoms with Crippen molar-refractivity contribution in [2.45, 2.75) is 13.8 Å². The smallest absolute Gasteiger partial charge is 0.227 e. The maximum atomic E-state index is 6.00. The summed E-state index contributed by atoms with van der Waals surface area (Å²) in [6.45, 7) is 3.71. The lowest BCUT2D eigenvalue weighted by Gasteiger charge is -2.15. The summed E-state index contributed by atoms with van der Waals surface area (Å²) in [6, 6.07) is 18.2. The molecule has 0 aliphatic heterocycles. The highest BCUT2D eigenvalue weighted by molar-refractivity contribution is 5.98. The molecule has 13 heteroatoms. The molecule has 0 saturated carbocycles. The van der Waals surface area contributed by atoms with Crippen molar-refractivity contribution in [3.05, 3.63) is 77.9 Å². The minimum absolute atomic E-state index is 0.215. The Kier molecular flexibility index (Phi) is 9.35. The molecule has 0 aliphatic rings. The van der Waals surface area contributed by atoms with Gasteiger partial charge in [0.2, 0.25) is 11.8 Å². The predicted molar refractivity (Wildman–Crippen MR) is 158 cm³/mol. The fourth-order valence-electron chi connectivity index (χ4n) is 4.06. The number of nitrogens with zero attached hydrogens (tertiary/aromatic N) is 4. The quantitative estimate of drug-likeness (QED) is 0.102. The molecule has 0 unspecified atom stereocenters. The molecule has 0 fully saturated rings. The van der Waals surface area contributed by atoms with Crippen LogP contribution in [-0.2, 0) is 0 Å². The van der Waals surface area contributed by atoms with Crippen molar-refractivity contribution in [3.8, 4) is 40.3 Å². The third-order valence-corrected chi connectivity index (χ3v) is 6.01. The first-order valence-electron chi connectivity index (χ1n) is 12.7. The first-order chi connectivity index (χ1) is 20.3. The van der Waals surface area contributed by atoms with Crippen LogP contribution in [0.4, 0.5) is 11.6 Å². The summed E-state index contributed by atoms with van der Waals surface area (Å²) < 4.78 is 34.2. The van der Waals surface area contributed by atoms with Crippen molar-refractivity contribution in [2.75, 3.05) is 34.2 Å². The summed E-state index contributed by atoms with van der Waals surface area (Å²) in [5, 5.41) is 8.06. The van der Waals surface area contributed by atoms with Crippen LogP contribution in [0.3, 0.4) is 0 Å². The monoisotopic (exact) mass is 575 g/mol. The minimum atomic E-state index is 0.215. The number of hydrogen-bond donors (Lipinski definition) is 3. The van der Waals surface area contributed by atoms with Gasteiger partial charge in [0.05, 0.1) is 28.4 Å². The average molecular weight is 576 g/mol. The fourth-order valence-corrected chi connectivity index (χ4v) is 4.06. The number of benzene rings is 2. The Labute approximate surface area is 242 Å². The number of nitrogen functional groups attached to an aromatic ring is 1. The van der Waals surface area contributed by atoms with Crippen molar-refractivity contribution in [1.29, 1.82) is 0 Å².